The Bertz CT molecular complexity index is 611. The fourth-order valence-electron chi connectivity index (χ4n) is 2.08. The van der Waals surface area contributed by atoms with E-state index in [1.807, 2.05) is 48.9 Å². The minimum atomic E-state index is -0.215. The first-order valence-electron chi connectivity index (χ1n) is 5.78. The fourth-order valence-corrected chi connectivity index (χ4v) is 2.08. The summed E-state index contributed by atoms with van der Waals surface area (Å²) in [5.74, 6) is 0. The molecule has 94 valence electrons. The van der Waals surface area contributed by atoms with Crippen LogP contribution in [0.1, 0.15) is 12.6 Å². The van der Waals surface area contributed by atoms with Gasteiger partial charge in [-0.3, -0.25) is 14.3 Å². The molecule has 1 aromatic carbocycles. The van der Waals surface area contributed by atoms with Gasteiger partial charge in [-0.15, -0.1) is 0 Å². The minimum Gasteiger partial charge on any atom is -0.323 e. The maximum atomic E-state index is 12.3. The van der Waals surface area contributed by atoms with Crippen LogP contribution in [-0.2, 0) is 11.3 Å². The molecule has 0 fully saturated rings. The Morgan fingerprint density at radius 3 is 2.50 bits per heavy atom. The van der Waals surface area contributed by atoms with E-state index in [9.17, 15) is 9.59 Å². The number of hydrogen-bond acceptors (Lipinski definition) is 2. The summed E-state index contributed by atoms with van der Waals surface area (Å²) in [4.78, 5) is 22.8. The van der Waals surface area contributed by atoms with Gasteiger partial charge in [0.15, 0.2) is 0 Å². The Morgan fingerprint density at radius 2 is 1.94 bits per heavy atom. The van der Waals surface area contributed by atoms with Gasteiger partial charge in [-0.25, -0.2) is 4.68 Å². The van der Waals surface area contributed by atoms with E-state index in [0.29, 0.717) is 18.6 Å². The van der Waals surface area contributed by atoms with E-state index in [-0.39, 0.29) is 5.56 Å². The third kappa shape index (κ3) is 1.84. The molecule has 1 N–H and O–H groups in total. The molecule has 0 bridgehead atoms. The summed E-state index contributed by atoms with van der Waals surface area (Å²) in [6, 6.07) is 9.36. The number of hydrogen-bond donors (Lipinski definition) is 1. The normalized spacial score (nSPS) is 10.3. The number of rotatable bonds is 4. The van der Waals surface area contributed by atoms with E-state index in [1.165, 1.54) is 0 Å². The number of anilines is 1. The summed E-state index contributed by atoms with van der Waals surface area (Å²) >= 11 is 0. The Balaban J connectivity index is 2.71. The first kappa shape index (κ1) is 12.2. The molecule has 5 nitrogen and oxygen atoms in total. The third-order valence-electron chi connectivity index (χ3n) is 2.90. The largest absolute Gasteiger partial charge is 0.323 e. The average Bonchev–Trinajstić information content (AvgIpc) is 2.64. The van der Waals surface area contributed by atoms with Crippen LogP contribution < -0.4 is 10.9 Å². The predicted octanol–water partition coefficient (Wildman–Crippen LogP) is 1.54. The highest BCUT2D eigenvalue weighted by atomic mass is 16.1. The average molecular weight is 245 g/mol. The number of nitrogens with zero attached hydrogens (tertiary/aromatic N) is 2. The molecule has 0 atom stereocenters. The number of nitrogens with one attached hydrogen (secondary N) is 1. The van der Waals surface area contributed by atoms with Gasteiger partial charge in [0.1, 0.15) is 5.69 Å². The molecule has 0 aliphatic carbocycles. The quantitative estimate of drug-likeness (QED) is 0.831. The first-order chi connectivity index (χ1) is 8.70. The molecule has 0 unspecified atom stereocenters. The van der Waals surface area contributed by atoms with Crippen molar-refractivity contribution >= 4 is 12.1 Å². The monoisotopic (exact) mass is 245 g/mol. The SMILES string of the molecule is CCn1c(C)c(NC=O)c(=O)n1-c1ccccc1. The molecule has 1 amide bonds. The molecule has 0 saturated carbocycles. The number of carbonyl (C=O) groups excluding carboxylic acids is 1. The second-order valence-corrected chi connectivity index (χ2v) is 3.89. The number of aromatic nitrogens is 2. The van der Waals surface area contributed by atoms with Gasteiger partial charge in [0.25, 0.3) is 5.56 Å². The molecule has 0 radical (unpaired) electrons. The van der Waals surface area contributed by atoms with Gasteiger partial charge in [-0.1, -0.05) is 18.2 Å². The van der Waals surface area contributed by atoms with Crippen molar-refractivity contribution in [2.75, 3.05) is 5.32 Å². The van der Waals surface area contributed by atoms with Gasteiger partial charge >= 0.3 is 0 Å². The number of carbonyl (C=O) groups is 1. The predicted molar refractivity (Wildman–Crippen MR) is 70.1 cm³/mol. The van der Waals surface area contributed by atoms with E-state index in [0.717, 1.165) is 11.4 Å². The summed E-state index contributed by atoms with van der Waals surface area (Å²) in [6.45, 7) is 4.42. The molecular formula is C13H15N3O2. The molecule has 0 aliphatic rings. The van der Waals surface area contributed by atoms with Crippen LogP contribution in [0.15, 0.2) is 35.1 Å². The maximum Gasteiger partial charge on any atom is 0.295 e. The number of benzene rings is 1. The van der Waals surface area contributed by atoms with Gasteiger partial charge in [-0.2, -0.15) is 0 Å². The van der Waals surface area contributed by atoms with Crippen molar-refractivity contribution in [1.82, 2.24) is 9.36 Å². The first-order valence-corrected chi connectivity index (χ1v) is 5.78. The zero-order valence-electron chi connectivity index (χ0n) is 10.4. The van der Waals surface area contributed by atoms with Crippen molar-refractivity contribution in [3.8, 4) is 5.69 Å². The molecular weight excluding hydrogens is 230 g/mol. The molecule has 2 aromatic rings. The molecule has 5 heteroatoms. The lowest BCUT2D eigenvalue weighted by molar-refractivity contribution is -0.105. The van der Waals surface area contributed by atoms with Crippen LogP contribution in [0.2, 0.25) is 0 Å². The van der Waals surface area contributed by atoms with Gasteiger partial charge < -0.3 is 5.32 Å². The number of para-hydroxylation sites is 1. The van der Waals surface area contributed by atoms with Gasteiger partial charge in [0.2, 0.25) is 6.41 Å². The van der Waals surface area contributed by atoms with Crippen molar-refractivity contribution in [3.63, 3.8) is 0 Å². The lowest BCUT2D eigenvalue weighted by Gasteiger charge is -2.10. The minimum absolute atomic E-state index is 0.215. The van der Waals surface area contributed by atoms with Crippen molar-refractivity contribution < 1.29 is 4.79 Å². The van der Waals surface area contributed by atoms with E-state index >= 15 is 0 Å². The zero-order valence-corrected chi connectivity index (χ0v) is 10.4. The van der Waals surface area contributed by atoms with E-state index in [2.05, 4.69) is 5.32 Å². The molecule has 18 heavy (non-hydrogen) atoms. The van der Waals surface area contributed by atoms with Crippen molar-refractivity contribution in [3.05, 3.63) is 46.4 Å². The molecule has 2 rings (SSSR count). The summed E-state index contributed by atoms with van der Waals surface area (Å²) in [6.07, 6.45) is 0.527. The van der Waals surface area contributed by atoms with E-state index in [1.54, 1.807) is 4.68 Å². The molecule has 0 spiro atoms. The van der Waals surface area contributed by atoms with Gasteiger partial charge in [0.05, 0.1) is 11.4 Å². The Morgan fingerprint density at radius 1 is 1.28 bits per heavy atom. The standard InChI is InChI=1S/C13H15N3O2/c1-3-15-10(2)12(14-9-17)13(18)16(15)11-7-5-4-6-8-11/h4-9H,3H2,1-2H3,(H,14,17). The smallest absolute Gasteiger partial charge is 0.295 e. The van der Waals surface area contributed by atoms with Gasteiger partial charge in [-0.05, 0) is 26.0 Å². The third-order valence-corrected chi connectivity index (χ3v) is 2.90. The summed E-state index contributed by atoms with van der Waals surface area (Å²) in [5.41, 5.74) is 1.65. The Kier molecular flexibility index (Phi) is 3.32. The maximum absolute atomic E-state index is 12.3. The zero-order chi connectivity index (χ0) is 13.1. The summed E-state index contributed by atoms with van der Waals surface area (Å²) in [5, 5.41) is 2.47. The lowest BCUT2D eigenvalue weighted by atomic mass is 10.3. The summed E-state index contributed by atoms with van der Waals surface area (Å²) in [7, 11) is 0. The van der Waals surface area contributed by atoms with Crippen LogP contribution in [0, 0.1) is 6.92 Å². The second-order valence-electron chi connectivity index (χ2n) is 3.89. The van der Waals surface area contributed by atoms with Crippen molar-refractivity contribution in [2.45, 2.75) is 20.4 Å². The molecule has 0 saturated heterocycles. The number of amides is 1. The highest BCUT2D eigenvalue weighted by molar-refractivity contribution is 5.72. The van der Waals surface area contributed by atoms with Crippen LogP contribution in [0.5, 0.6) is 0 Å². The lowest BCUT2D eigenvalue weighted by Crippen LogP contribution is -2.22. The topological polar surface area (TPSA) is 56.0 Å². The Labute approximate surface area is 105 Å². The van der Waals surface area contributed by atoms with Gasteiger partial charge in [0, 0.05) is 6.54 Å². The highest BCUT2D eigenvalue weighted by Gasteiger charge is 2.16. The Hall–Kier alpha value is -2.30. The highest BCUT2D eigenvalue weighted by Crippen LogP contribution is 2.14. The van der Waals surface area contributed by atoms with Crippen LogP contribution in [0.3, 0.4) is 0 Å². The second kappa shape index (κ2) is 4.91. The van der Waals surface area contributed by atoms with Crippen molar-refractivity contribution in [1.29, 1.82) is 0 Å². The summed E-state index contributed by atoms with van der Waals surface area (Å²) < 4.78 is 3.41. The van der Waals surface area contributed by atoms with Crippen LogP contribution in [0.25, 0.3) is 5.69 Å². The van der Waals surface area contributed by atoms with E-state index < -0.39 is 0 Å². The van der Waals surface area contributed by atoms with Crippen LogP contribution >= 0.6 is 0 Å². The molecule has 0 aliphatic heterocycles. The molecule has 1 heterocycles. The van der Waals surface area contributed by atoms with Crippen molar-refractivity contribution in [2.24, 2.45) is 0 Å². The van der Waals surface area contributed by atoms with E-state index in [4.69, 9.17) is 0 Å². The molecule has 1 aromatic heterocycles. The fraction of sp³-hybridized carbons (Fsp3) is 0.231. The van der Waals surface area contributed by atoms with Crippen LogP contribution in [0.4, 0.5) is 5.69 Å². The van der Waals surface area contributed by atoms with Crippen LogP contribution in [-0.4, -0.2) is 15.8 Å².